The van der Waals surface area contributed by atoms with Crippen molar-refractivity contribution in [1.82, 2.24) is 33.2 Å². The highest BCUT2D eigenvalue weighted by Gasteiger charge is 2.26. The van der Waals surface area contributed by atoms with Gasteiger partial charge in [-0.2, -0.15) is 15.0 Å². The number of nitrogens with zero attached hydrogens (tertiary/aromatic N) is 7. The van der Waals surface area contributed by atoms with E-state index in [1.807, 2.05) is 0 Å². The van der Waals surface area contributed by atoms with Gasteiger partial charge in [0, 0.05) is 43.1 Å². The molecule has 0 amide bonds. The third-order valence-corrected chi connectivity index (χ3v) is 10.9. The Balaban J connectivity index is 1.36. The first kappa shape index (κ1) is 16.5. The third kappa shape index (κ3) is 4.83. The Hall–Kier alpha value is -8.81. The highest BCUT2D eigenvalue weighted by Crippen LogP contribution is 2.42. The first-order valence-electron chi connectivity index (χ1n) is 34.6. The van der Waals surface area contributed by atoms with Crippen LogP contribution >= 0.6 is 0 Å². The number of fused-ring (bicyclic) bond motifs is 12. The molecule has 0 bridgehead atoms. The maximum absolute atomic E-state index is 10.2. The summed E-state index contributed by atoms with van der Waals surface area (Å²) in [6.07, 6.45) is 0. The summed E-state index contributed by atoms with van der Waals surface area (Å²) in [5.41, 5.74) is -7.37. The number of rotatable bonds is 5. The van der Waals surface area contributed by atoms with Gasteiger partial charge < -0.3 is 9.13 Å². The van der Waals surface area contributed by atoms with Crippen LogP contribution in [0.3, 0.4) is 0 Å². The van der Waals surface area contributed by atoms with Crippen LogP contribution in [-0.4, -0.2) is 33.2 Å². The van der Waals surface area contributed by atoms with E-state index in [0.717, 1.165) is 18.3 Å². The van der Waals surface area contributed by atoms with E-state index in [1.54, 1.807) is 0 Å². The van der Waals surface area contributed by atoms with Crippen LogP contribution in [0.15, 0.2) is 212 Å². The molecule has 0 aliphatic carbocycles. The van der Waals surface area contributed by atoms with Gasteiger partial charge in [-0.25, -0.2) is 0 Å². The van der Waals surface area contributed by atoms with E-state index in [2.05, 4.69) is 0 Å². The molecule has 0 aliphatic heterocycles. The molecule has 0 N–H and O–H groups in total. The minimum absolute atomic E-state index is 0.0436. The zero-order chi connectivity index (χ0) is 68.9. The lowest BCUT2D eigenvalue weighted by Crippen LogP contribution is -2.12. The fraction of sp³-hybridized carbons (Fsp3) is 0. The van der Waals surface area contributed by atoms with Crippen LogP contribution in [0.25, 0.3) is 122 Å². The number of benzene rings is 9. The van der Waals surface area contributed by atoms with Gasteiger partial charge in [0.25, 0.3) is 0 Å². The van der Waals surface area contributed by atoms with Crippen molar-refractivity contribution in [1.29, 1.82) is 0 Å². The predicted molar refractivity (Wildman–Crippen MR) is 263 cm³/mol. The summed E-state index contributed by atoms with van der Waals surface area (Å²) in [4.78, 5) is 14.6. The molecule has 0 saturated heterocycles. The largest absolute Gasteiger partial charge is 0.308 e. The van der Waals surface area contributed by atoms with Crippen LogP contribution < -0.4 is 0 Å². The first-order valence-corrected chi connectivity index (χ1v) is 19.1. The fourth-order valence-corrected chi connectivity index (χ4v) is 8.39. The normalized spacial score (nSPS) is 18.8. The lowest BCUT2D eigenvalue weighted by Gasteiger charge is -2.20. The number of aromatic nitrogens is 7. The highest BCUT2D eigenvalue weighted by atomic mass is 15.3. The Bertz CT molecular complexity index is 5650. The summed E-state index contributed by atoms with van der Waals surface area (Å²) in [7, 11) is 0. The molecule has 0 atom stereocenters. The van der Waals surface area contributed by atoms with E-state index in [-0.39, 0.29) is 16.3 Å². The Labute approximate surface area is 409 Å². The maximum Gasteiger partial charge on any atom is 0.240 e. The molecule has 0 fully saturated rings. The first-order chi connectivity index (χ1) is 44.7. The predicted octanol–water partition coefficient (Wildman–Crippen LogP) is 13.9. The van der Waals surface area contributed by atoms with Crippen molar-refractivity contribution < 1.29 is 42.5 Å². The van der Waals surface area contributed by atoms with E-state index >= 15 is 0 Å². The van der Waals surface area contributed by atoms with Crippen molar-refractivity contribution in [3.63, 3.8) is 0 Å². The van der Waals surface area contributed by atoms with Gasteiger partial charge in [-0.05, 0) is 60.4 Å². The molecular weight excluding hydrogens is 783 g/mol. The lowest BCUT2D eigenvalue weighted by atomic mass is 10.1. The molecule has 7 heteroatoms. The summed E-state index contributed by atoms with van der Waals surface area (Å²) in [6, 6.07) is -22.8. The molecule has 0 unspecified atom stereocenters. The van der Waals surface area contributed by atoms with E-state index in [0.29, 0.717) is 0 Å². The van der Waals surface area contributed by atoms with Gasteiger partial charge in [0.15, 0.2) is 5.82 Å². The molecule has 5 aromatic heterocycles. The summed E-state index contributed by atoms with van der Waals surface area (Å²) >= 11 is 0. The Morgan fingerprint density at radius 2 is 0.594 bits per heavy atom. The van der Waals surface area contributed by atoms with Gasteiger partial charge in [-0.3, -0.25) is 9.13 Å². The van der Waals surface area contributed by atoms with Crippen LogP contribution in [0.2, 0.25) is 0 Å². The molecule has 14 aromatic rings. The van der Waals surface area contributed by atoms with Gasteiger partial charge in [0.05, 0.1) is 104 Å². The second kappa shape index (κ2) is 13.3. The lowest BCUT2D eigenvalue weighted by molar-refractivity contribution is 0.890. The van der Waals surface area contributed by atoms with Crippen molar-refractivity contribution in [3.05, 3.63) is 212 Å². The zero-order valence-corrected chi connectivity index (χ0v) is 31.9. The highest BCUT2D eigenvalue weighted by molar-refractivity contribution is 6.13. The van der Waals surface area contributed by atoms with Crippen molar-refractivity contribution >= 4 is 87.2 Å². The summed E-state index contributed by atoms with van der Waals surface area (Å²) < 4.78 is 291. The van der Waals surface area contributed by atoms with Gasteiger partial charge in [0.2, 0.25) is 11.9 Å². The van der Waals surface area contributed by atoms with E-state index in [1.165, 1.54) is 24.3 Å². The number of hydrogen-bond donors (Lipinski definition) is 0. The monoisotopic (exact) mass is 848 g/mol. The summed E-state index contributed by atoms with van der Waals surface area (Å²) in [5.74, 6) is -3.08. The van der Waals surface area contributed by atoms with Crippen LogP contribution in [0.5, 0.6) is 0 Å². The smallest absolute Gasteiger partial charge is 0.240 e. The number of hydrogen-bond acceptors (Lipinski definition) is 3. The van der Waals surface area contributed by atoms with Crippen LogP contribution in [-0.2, 0) is 0 Å². The van der Waals surface area contributed by atoms with Crippen LogP contribution in [0.1, 0.15) is 42.5 Å². The molecular formula is C57H35N7. The van der Waals surface area contributed by atoms with E-state index in [4.69, 9.17) is 34.1 Å². The fourth-order valence-electron chi connectivity index (χ4n) is 8.39. The van der Waals surface area contributed by atoms with Crippen molar-refractivity contribution in [2.75, 3.05) is 0 Å². The summed E-state index contributed by atoms with van der Waals surface area (Å²) in [5, 5.41) is -3.67. The second-order valence-electron chi connectivity index (χ2n) is 14.1. The number of para-hydroxylation sites is 8. The Morgan fingerprint density at radius 3 is 0.984 bits per heavy atom. The Morgan fingerprint density at radius 1 is 0.281 bits per heavy atom. The molecule has 9 aromatic carbocycles. The van der Waals surface area contributed by atoms with Gasteiger partial charge in [0.1, 0.15) is 0 Å². The van der Waals surface area contributed by atoms with Crippen LogP contribution in [0.4, 0.5) is 0 Å². The van der Waals surface area contributed by atoms with E-state index in [9.17, 15) is 23.3 Å². The Kier molecular flexibility index (Phi) is 3.43. The van der Waals surface area contributed by atoms with Gasteiger partial charge >= 0.3 is 0 Å². The minimum Gasteiger partial charge on any atom is -0.308 e. The molecule has 0 saturated carbocycles. The molecule has 64 heavy (non-hydrogen) atoms. The quantitative estimate of drug-likeness (QED) is 0.173. The average Bonchev–Trinajstić information content (AvgIpc) is 1.56. The maximum atomic E-state index is 10.2. The standard InChI is InChI=1S/C57H35N7/c1-9-26-44-36(18-1)37-19-2-10-27-45(37)61(44)52-34-17-35-53(62-46-28-11-3-20-38(46)39-21-4-12-29-47(39)62)54(52)55-58-56(63-48-30-13-5-22-40(48)41-23-6-14-31-49(41)63)60-57(59-55)64-50-32-15-7-24-42(50)43-25-8-16-33-51(43)64/h1-35H/i1D,2D,3D,5D,6D,7D,8D,9D,10D,11D,13D,14D,15D,16D,17D,18D,19D,20D,22D,23D,24D,25D,26D,27D,28D,30D,31D,32D,33D,34D,35D. The molecule has 0 spiro atoms. The molecule has 5 heterocycles. The molecule has 298 valence electrons. The molecule has 7 nitrogen and oxygen atoms in total. The zero-order valence-electron chi connectivity index (χ0n) is 62.9. The summed E-state index contributed by atoms with van der Waals surface area (Å²) in [6.45, 7) is 0. The SMILES string of the molecule is [2H]c1c([2H])c(-n2c3ccccc3c3c([2H])c([2H])c([2H])c([2H])c32)c(-c2nc(-n3c4c([2H])c([2H])c([2H])c([2H])c4c4c([2H])c([2H])c([2H])c([2H])c43)nc(-n3c4c([2H])c([2H])c([2H])c([2H])c4c4c([2H])c([2H])c([2H])c([2H])c43)n2)c(-n2c3c([2H])c([2H])c([2H])c([2H])c3c3c([2H])c([2H])c([2H])c([2H])c32)c1[2H]. The van der Waals surface area contributed by atoms with Crippen molar-refractivity contribution in [2.45, 2.75) is 0 Å². The average molecular weight is 849 g/mol. The van der Waals surface area contributed by atoms with Crippen LogP contribution in [0, 0.1) is 0 Å². The van der Waals surface area contributed by atoms with Crippen molar-refractivity contribution in [3.8, 4) is 34.7 Å². The van der Waals surface area contributed by atoms with Gasteiger partial charge in [-0.1, -0.05) is 151 Å². The minimum atomic E-state index is -1.14. The van der Waals surface area contributed by atoms with E-state index < -0.39 is 293 Å². The molecule has 0 radical (unpaired) electrons. The molecule has 0 aliphatic rings. The molecule has 14 rings (SSSR count). The third-order valence-electron chi connectivity index (χ3n) is 10.9. The van der Waals surface area contributed by atoms with Gasteiger partial charge in [-0.15, -0.1) is 0 Å². The van der Waals surface area contributed by atoms with Crippen molar-refractivity contribution in [2.24, 2.45) is 0 Å². The second-order valence-corrected chi connectivity index (χ2v) is 14.1. The topological polar surface area (TPSA) is 58.4 Å².